The highest BCUT2D eigenvalue weighted by Crippen LogP contribution is 2.60. The summed E-state index contributed by atoms with van der Waals surface area (Å²) < 4.78 is 30.8. The summed E-state index contributed by atoms with van der Waals surface area (Å²) in [5.74, 6) is -3.59. The Morgan fingerprint density at radius 3 is 2.35 bits per heavy atom. The minimum absolute atomic E-state index is 0.234. The van der Waals surface area contributed by atoms with Crippen LogP contribution in [0.1, 0.15) is 19.3 Å². The Hall–Kier alpha value is -0.750. The Morgan fingerprint density at radius 2 is 2.00 bits per heavy atom. The van der Waals surface area contributed by atoms with Crippen molar-refractivity contribution in [1.29, 1.82) is 0 Å². The Balaban J connectivity index is 2.27. The fraction of sp³-hybridized carbons (Fsp3) is 0.909. The molecule has 2 rings (SSSR count). The molecule has 0 radical (unpaired) electrons. The van der Waals surface area contributed by atoms with Gasteiger partial charge in [0.05, 0.1) is 12.7 Å². The summed E-state index contributed by atoms with van der Waals surface area (Å²) in [6.45, 7) is 0.832. The van der Waals surface area contributed by atoms with E-state index in [4.69, 9.17) is 0 Å². The smallest absolute Gasteiger partial charge is 0.315 e. The molecule has 2 fully saturated rings. The van der Waals surface area contributed by atoms with Crippen molar-refractivity contribution in [3.8, 4) is 0 Å². The second-order valence-corrected chi connectivity index (χ2v) is 5.30. The van der Waals surface area contributed by atoms with Gasteiger partial charge in [0.1, 0.15) is 5.41 Å². The summed E-state index contributed by atoms with van der Waals surface area (Å²) in [7, 11) is 2.96. The number of rotatable bonds is 2. The van der Waals surface area contributed by atoms with Crippen LogP contribution < -0.4 is 0 Å². The van der Waals surface area contributed by atoms with Gasteiger partial charge in [0.25, 0.3) is 5.92 Å². The third-order valence-corrected chi connectivity index (χ3v) is 4.03. The van der Waals surface area contributed by atoms with E-state index in [0.29, 0.717) is 13.0 Å². The first-order chi connectivity index (χ1) is 7.75. The van der Waals surface area contributed by atoms with Crippen LogP contribution in [0.4, 0.5) is 8.78 Å². The van der Waals surface area contributed by atoms with Gasteiger partial charge in [-0.1, -0.05) is 0 Å². The van der Waals surface area contributed by atoms with Gasteiger partial charge in [-0.05, 0) is 13.5 Å². The number of β-amino-alcohol motifs (C(OH)–C–C–N with tert-alkyl or cyclic N) is 1. The highest BCUT2D eigenvalue weighted by molar-refractivity contribution is 5.80. The number of likely N-dealkylation sites (N-methyl/N-ethyl adjacent to an activating group) is 1. The molecular weight excluding hydrogens is 232 g/mol. The van der Waals surface area contributed by atoms with Crippen LogP contribution in [0.5, 0.6) is 0 Å². The van der Waals surface area contributed by atoms with Crippen LogP contribution in [-0.2, 0) is 9.53 Å². The van der Waals surface area contributed by atoms with Gasteiger partial charge in [0, 0.05) is 25.9 Å². The molecular formula is C11H17F2NO3. The first-order valence-corrected chi connectivity index (χ1v) is 5.62. The maximum atomic E-state index is 13.1. The SMILES string of the molecule is COC(=O)C1(C2(O)CCN(C)C2)CC(F)(F)C1. The molecule has 0 bridgehead atoms. The van der Waals surface area contributed by atoms with Crippen LogP contribution in [0.25, 0.3) is 0 Å². The van der Waals surface area contributed by atoms with Gasteiger partial charge in [-0.2, -0.15) is 0 Å². The molecule has 4 nitrogen and oxygen atoms in total. The van der Waals surface area contributed by atoms with Crippen molar-refractivity contribution in [3.05, 3.63) is 0 Å². The summed E-state index contributed by atoms with van der Waals surface area (Å²) in [6, 6.07) is 0. The van der Waals surface area contributed by atoms with E-state index in [1.54, 1.807) is 7.05 Å². The predicted molar refractivity (Wildman–Crippen MR) is 55.7 cm³/mol. The van der Waals surface area contributed by atoms with E-state index < -0.39 is 35.7 Å². The van der Waals surface area contributed by atoms with E-state index in [9.17, 15) is 18.7 Å². The van der Waals surface area contributed by atoms with Crippen LogP contribution in [0.15, 0.2) is 0 Å². The minimum atomic E-state index is -2.87. The Labute approximate surface area is 98.5 Å². The molecule has 17 heavy (non-hydrogen) atoms. The molecule has 0 aromatic heterocycles. The van der Waals surface area contributed by atoms with E-state index in [2.05, 4.69) is 4.74 Å². The normalized spacial score (nSPS) is 35.4. The monoisotopic (exact) mass is 249 g/mol. The molecule has 1 atom stereocenters. The molecule has 1 unspecified atom stereocenters. The third kappa shape index (κ3) is 1.74. The fourth-order valence-corrected chi connectivity index (χ4v) is 3.06. The van der Waals surface area contributed by atoms with Crippen LogP contribution >= 0.6 is 0 Å². The third-order valence-electron chi connectivity index (χ3n) is 4.03. The molecule has 1 heterocycles. The number of hydrogen-bond donors (Lipinski definition) is 1. The van der Waals surface area contributed by atoms with Crippen molar-refractivity contribution >= 4 is 5.97 Å². The summed E-state index contributed by atoms with van der Waals surface area (Å²) in [5, 5.41) is 10.5. The maximum Gasteiger partial charge on any atom is 0.315 e. The zero-order chi connectivity index (χ0) is 12.9. The highest BCUT2D eigenvalue weighted by atomic mass is 19.3. The fourth-order valence-electron chi connectivity index (χ4n) is 3.06. The van der Waals surface area contributed by atoms with Crippen molar-refractivity contribution in [2.45, 2.75) is 30.8 Å². The molecule has 1 aliphatic carbocycles. The van der Waals surface area contributed by atoms with Crippen molar-refractivity contribution < 1.29 is 23.4 Å². The molecule has 0 aromatic carbocycles. The molecule has 1 saturated heterocycles. The second-order valence-electron chi connectivity index (χ2n) is 5.30. The molecule has 2 aliphatic rings. The zero-order valence-corrected chi connectivity index (χ0v) is 10.0. The summed E-state index contributed by atoms with van der Waals surface area (Å²) in [5.41, 5.74) is -2.83. The number of carbonyl (C=O) groups excluding carboxylic acids is 1. The zero-order valence-electron chi connectivity index (χ0n) is 10.0. The van der Waals surface area contributed by atoms with E-state index in [-0.39, 0.29) is 6.54 Å². The van der Waals surface area contributed by atoms with E-state index >= 15 is 0 Å². The number of esters is 1. The molecule has 1 aliphatic heterocycles. The quantitative estimate of drug-likeness (QED) is 0.730. The van der Waals surface area contributed by atoms with Crippen LogP contribution in [0.2, 0.25) is 0 Å². The van der Waals surface area contributed by atoms with Crippen molar-refractivity contribution in [2.75, 3.05) is 27.2 Å². The first kappa shape index (κ1) is 12.7. The van der Waals surface area contributed by atoms with Gasteiger partial charge < -0.3 is 14.7 Å². The molecule has 0 spiro atoms. The van der Waals surface area contributed by atoms with Gasteiger partial charge in [-0.15, -0.1) is 0 Å². The van der Waals surface area contributed by atoms with Gasteiger partial charge >= 0.3 is 5.97 Å². The van der Waals surface area contributed by atoms with E-state index in [1.807, 2.05) is 4.90 Å². The Bertz CT molecular complexity index is 340. The number of carbonyl (C=O) groups is 1. The van der Waals surface area contributed by atoms with Crippen molar-refractivity contribution in [1.82, 2.24) is 4.90 Å². The van der Waals surface area contributed by atoms with E-state index in [0.717, 1.165) is 0 Å². The molecule has 6 heteroatoms. The number of methoxy groups -OCH3 is 1. The van der Waals surface area contributed by atoms with Crippen molar-refractivity contribution in [2.24, 2.45) is 5.41 Å². The molecule has 1 N–H and O–H groups in total. The lowest BCUT2D eigenvalue weighted by Gasteiger charge is -2.52. The van der Waals surface area contributed by atoms with Gasteiger partial charge in [-0.3, -0.25) is 4.79 Å². The largest absolute Gasteiger partial charge is 0.469 e. The van der Waals surface area contributed by atoms with Gasteiger partial charge in [-0.25, -0.2) is 8.78 Å². The lowest BCUT2D eigenvalue weighted by Crippen LogP contribution is -2.65. The number of likely N-dealkylation sites (tertiary alicyclic amines) is 1. The average molecular weight is 249 g/mol. The molecule has 0 aromatic rings. The number of alkyl halides is 2. The molecule has 1 saturated carbocycles. The topological polar surface area (TPSA) is 49.8 Å². The maximum absolute atomic E-state index is 13.1. The highest BCUT2D eigenvalue weighted by Gasteiger charge is 2.71. The Morgan fingerprint density at radius 1 is 1.41 bits per heavy atom. The Kier molecular flexibility index (Phi) is 2.70. The number of hydrogen-bond acceptors (Lipinski definition) is 4. The summed E-state index contributed by atoms with van der Waals surface area (Å²) in [6.07, 6.45) is -0.900. The number of nitrogens with zero attached hydrogens (tertiary/aromatic N) is 1. The molecule has 0 amide bonds. The van der Waals surface area contributed by atoms with Gasteiger partial charge in [0.15, 0.2) is 0 Å². The minimum Gasteiger partial charge on any atom is -0.469 e. The lowest BCUT2D eigenvalue weighted by atomic mass is 9.56. The number of halogens is 2. The summed E-state index contributed by atoms with van der Waals surface area (Å²) in [4.78, 5) is 13.6. The van der Waals surface area contributed by atoms with Crippen LogP contribution in [-0.4, -0.2) is 54.7 Å². The lowest BCUT2D eigenvalue weighted by molar-refractivity contribution is -0.242. The van der Waals surface area contributed by atoms with Crippen LogP contribution in [0.3, 0.4) is 0 Å². The predicted octanol–water partition coefficient (Wildman–Crippen LogP) is 0.641. The standard InChI is InChI=1S/C11H17F2NO3/c1-14-4-3-10(16,7-14)9(8(15)17-2)5-11(12,13)6-9/h16H,3-7H2,1-2H3. The average Bonchev–Trinajstić information content (AvgIpc) is 2.54. The van der Waals surface area contributed by atoms with Crippen molar-refractivity contribution in [3.63, 3.8) is 0 Å². The van der Waals surface area contributed by atoms with Crippen LogP contribution in [0, 0.1) is 5.41 Å². The second kappa shape index (κ2) is 3.62. The number of ether oxygens (including phenoxy) is 1. The number of aliphatic hydroxyl groups is 1. The first-order valence-electron chi connectivity index (χ1n) is 5.62. The summed E-state index contributed by atoms with van der Waals surface area (Å²) >= 11 is 0. The molecule has 98 valence electrons. The van der Waals surface area contributed by atoms with E-state index in [1.165, 1.54) is 7.11 Å². The van der Waals surface area contributed by atoms with Gasteiger partial charge in [0.2, 0.25) is 0 Å².